The first-order chi connectivity index (χ1) is 18.1. The minimum atomic E-state index is -5.08. The summed E-state index contributed by atoms with van der Waals surface area (Å²) in [6.07, 6.45) is 1.33. The molecule has 1 aliphatic carbocycles. The van der Waals surface area contributed by atoms with Gasteiger partial charge in [-0.1, -0.05) is 0 Å². The summed E-state index contributed by atoms with van der Waals surface area (Å²) in [4.78, 5) is 36.2. The van der Waals surface area contributed by atoms with Gasteiger partial charge in [-0.05, 0) is 51.8 Å². The molecule has 0 bridgehead atoms. The number of carbonyl (C=O) groups is 1. The van der Waals surface area contributed by atoms with Crippen LogP contribution in [-0.4, -0.2) is 63.2 Å². The normalized spacial score (nSPS) is 17.6. The van der Waals surface area contributed by atoms with Crippen LogP contribution in [-0.2, 0) is 28.4 Å². The second-order valence-corrected chi connectivity index (χ2v) is 12.7. The minimum absolute atomic E-state index is 0.0685. The molecule has 12 nitrogen and oxygen atoms in total. The van der Waals surface area contributed by atoms with Crippen LogP contribution in [0.4, 0.5) is 13.2 Å². The van der Waals surface area contributed by atoms with Gasteiger partial charge in [0.15, 0.2) is 0 Å². The fourth-order valence-electron chi connectivity index (χ4n) is 4.20. The number of rotatable bonds is 6. The molecule has 2 fully saturated rings. The van der Waals surface area contributed by atoms with Gasteiger partial charge in [-0.25, -0.2) is 22.7 Å². The van der Waals surface area contributed by atoms with Crippen molar-refractivity contribution in [2.45, 2.75) is 61.1 Å². The number of halogens is 3. The Hall–Kier alpha value is -3.02. The van der Waals surface area contributed by atoms with Gasteiger partial charge in [0, 0.05) is 30.4 Å². The summed E-state index contributed by atoms with van der Waals surface area (Å²) in [5, 5.41) is 14.8. The third-order valence-corrected chi connectivity index (χ3v) is 9.73. The van der Waals surface area contributed by atoms with E-state index in [0.29, 0.717) is 4.83 Å². The number of nitrogens with zero attached hydrogens (tertiary/aromatic N) is 4. The predicted octanol–water partition coefficient (Wildman–Crippen LogP) is 1.40. The number of thiophene rings is 1. The number of aryl methyl sites for hydroxylation is 1. The monoisotopic (exact) mass is 592 g/mol. The van der Waals surface area contributed by atoms with Gasteiger partial charge in [0.1, 0.15) is 9.04 Å². The number of hydrogen-bond acceptors (Lipinski definition) is 8. The van der Waals surface area contributed by atoms with E-state index in [9.17, 15) is 31.2 Å². The van der Waals surface area contributed by atoms with E-state index in [1.807, 2.05) is 6.92 Å². The number of nitrogens with one attached hydrogen (secondary N) is 2. The SMILES string of the molecule is Cn1cc(Cn2c(=O)c3cc(S(=O)(=O)NC4(C)CC4)sc3n(C3CCNCC3)c2=O)cn1.O=C(O)C(F)(F)F. The van der Waals surface area contributed by atoms with Crippen molar-refractivity contribution in [3.05, 3.63) is 44.9 Å². The lowest BCUT2D eigenvalue weighted by Gasteiger charge is -2.25. The highest BCUT2D eigenvalue weighted by Gasteiger charge is 2.42. The van der Waals surface area contributed by atoms with Crippen molar-refractivity contribution in [3.8, 4) is 0 Å². The summed E-state index contributed by atoms with van der Waals surface area (Å²) in [6.45, 7) is 3.47. The molecular weight excluding hydrogens is 565 g/mol. The Balaban J connectivity index is 0.000000448. The Morgan fingerprint density at radius 3 is 2.41 bits per heavy atom. The molecule has 0 spiro atoms. The van der Waals surface area contributed by atoms with E-state index in [-0.39, 0.29) is 22.2 Å². The number of sulfonamides is 1. The van der Waals surface area contributed by atoms with Gasteiger partial charge < -0.3 is 10.4 Å². The molecule has 3 N–H and O–H groups in total. The van der Waals surface area contributed by atoms with E-state index in [2.05, 4.69) is 15.1 Å². The number of aliphatic carboxylic acids is 1. The van der Waals surface area contributed by atoms with Crippen LogP contribution in [0, 0.1) is 0 Å². The number of fused-ring (bicyclic) bond motifs is 1. The Morgan fingerprint density at radius 2 is 1.90 bits per heavy atom. The molecule has 3 aromatic heterocycles. The molecule has 1 saturated carbocycles. The largest absolute Gasteiger partial charge is 0.490 e. The van der Waals surface area contributed by atoms with E-state index in [1.54, 1.807) is 28.7 Å². The summed E-state index contributed by atoms with van der Waals surface area (Å²) >= 11 is 1.00. The molecule has 1 aliphatic heterocycles. The average Bonchev–Trinajstić information content (AvgIpc) is 3.21. The summed E-state index contributed by atoms with van der Waals surface area (Å²) in [5.41, 5.74) is -0.584. The van der Waals surface area contributed by atoms with Crippen LogP contribution in [0.5, 0.6) is 0 Å². The van der Waals surface area contributed by atoms with Crippen molar-refractivity contribution in [1.29, 1.82) is 0 Å². The first kappa shape index (κ1) is 29.0. The van der Waals surface area contributed by atoms with Crippen LogP contribution in [0.3, 0.4) is 0 Å². The fraction of sp³-hybridized carbons (Fsp3) is 0.545. The summed E-state index contributed by atoms with van der Waals surface area (Å²) in [7, 11) is -2.01. The van der Waals surface area contributed by atoms with Gasteiger partial charge in [0.05, 0.1) is 18.1 Å². The zero-order valence-corrected chi connectivity index (χ0v) is 22.6. The molecule has 0 radical (unpaired) electrons. The van der Waals surface area contributed by atoms with Gasteiger partial charge in [-0.15, -0.1) is 11.3 Å². The maximum Gasteiger partial charge on any atom is 0.490 e. The van der Waals surface area contributed by atoms with Gasteiger partial charge in [-0.2, -0.15) is 18.3 Å². The molecule has 214 valence electrons. The standard InChI is InChI=1S/C20H26N6O4S2.C2HF3O2/c1-20(5-6-20)23-32(29,30)16-9-15-17(27)25(12-13-10-22-24(2)11-13)19(28)26(18(15)31-16)14-3-7-21-8-4-14;3-2(4,5)1(6)7/h9-11,14,21,23H,3-8,12H2,1-2H3;(H,6,7). The zero-order valence-electron chi connectivity index (χ0n) is 21.0. The number of hydrogen-bond donors (Lipinski definition) is 3. The van der Waals surface area contributed by atoms with Crippen molar-refractivity contribution in [2.75, 3.05) is 13.1 Å². The smallest absolute Gasteiger partial charge is 0.475 e. The lowest BCUT2D eigenvalue weighted by atomic mass is 10.1. The van der Waals surface area contributed by atoms with Crippen molar-refractivity contribution >= 4 is 37.5 Å². The van der Waals surface area contributed by atoms with Crippen LogP contribution in [0.2, 0.25) is 0 Å². The number of carboxylic acids is 1. The molecule has 39 heavy (non-hydrogen) atoms. The third kappa shape index (κ3) is 6.42. The van der Waals surface area contributed by atoms with E-state index >= 15 is 0 Å². The minimum Gasteiger partial charge on any atom is -0.475 e. The summed E-state index contributed by atoms with van der Waals surface area (Å²) in [5.74, 6) is -2.76. The number of piperidine rings is 1. The van der Waals surface area contributed by atoms with Crippen molar-refractivity contribution < 1.29 is 31.5 Å². The maximum atomic E-state index is 13.5. The average molecular weight is 593 g/mol. The lowest BCUT2D eigenvalue weighted by Crippen LogP contribution is -2.43. The second-order valence-electron chi connectivity index (χ2n) is 9.80. The lowest BCUT2D eigenvalue weighted by molar-refractivity contribution is -0.192. The fourth-order valence-corrected chi connectivity index (χ4v) is 7.18. The van der Waals surface area contributed by atoms with Crippen LogP contribution in [0.1, 0.15) is 44.2 Å². The highest BCUT2D eigenvalue weighted by molar-refractivity contribution is 7.91. The van der Waals surface area contributed by atoms with Crippen molar-refractivity contribution in [2.24, 2.45) is 7.05 Å². The second kappa shape index (κ2) is 10.5. The van der Waals surface area contributed by atoms with Crippen LogP contribution in [0.25, 0.3) is 10.2 Å². The van der Waals surface area contributed by atoms with E-state index < -0.39 is 39.0 Å². The molecule has 3 aromatic rings. The Morgan fingerprint density at radius 1 is 1.28 bits per heavy atom. The molecule has 5 rings (SSSR count). The highest BCUT2D eigenvalue weighted by atomic mass is 32.2. The van der Waals surface area contributed by atoms with E-state index in [4.69, 9.17) is 9.90 Å². The van der Waals surface area contributed by atoms with Gasteiger partial charge in [-0.3, -0.25) is 18.6 Å². The first-order valence-corrected chi connectivity index (χ1v) is 14.2. The molecule has 4 heterocycles. The third-order valence-electron chi connectivity index (χ3n) is 6.48. The molecule has 17 heteroatoms. The molecule has 0 amide bonds. The number of alkyl halides is 3. The van der Waals surface area contributed by atoms with Gasteiger partial charge in [0.2, 0.25) is 0 Å². The molecule has 2 aliphatic rings. The van der Waals surface area contributed by atoms with E-state index in [0.717, 1.165) is 55.7 Å². The molecular formula is C22H27F3N6O6S2. The predicted molar refractivity (Wildman–Crippen MR) is 135 cm³/mol. The maximum absolute atomic E-state index is 13.5. The van der Waals surface area contributed by atoms with Crippen molar-refractivity contribution in [1.82, 2.24) is 29.0 Å². The topological polar surface area (TPSA) is 157 Å². The van der Waals surface area contributed by atoms with Crippen LogP contribution in [0.15, 0.2) is 32.3 Å². The summed E-state index contributed by atoms with van der Waals surface area (Å²) < 4.78 is 65.0. The van der Waals surface area contributed by atoms with Crippen LogP contribution >= 0.6 is 11.3 Å². The summed E-state index contributed by atoms with van der Waals surface area (Å²) in [6, 6.07) is 1.32. The first-order valence-electron chi connectivity index (χ1n) is 11.9. The van der Waals surface area contributed by atoms with Gasteiger partial charge in [0.25, 0.3) is 15.6 Å². The molecule has 0 atom stereocenters. The highest BCUT2D eigenvalue weighted by Crippen LogP contribution is 2.37. The Bertz CT molecular complexity index is 1610. The number of aromatic nitrogens is 4. The van der Waals surface area contributed by atoms with Crippen molar-refractivity contribution in [3.63, 3.8) is 0 Å². The Kier molecular flexibility index (Phi) is 7.81. The molecule has 0 aromatic carbocycles. The molecule has 0 unspecified atom stereocenters. The molecule has 1 saturated heterocycles. The number of carboxylic acid groups (broad SMARTS) is 1. The van der Waals surface area contributed by atoms with Gasteiger partial charge >= 0.3 is 17.8 Å². The zero-order chi connectivity index (χ0) is 28.8. The van der Waals surface area contributed by atoms with Crippen LogP contribution < -0.4 is 21.3 Å². The Labute approximate surface area is 224 Å². The quantitative estimate of drug-likeness (QED) is 0.388. The van der Waals surface area contributed by atoms with E-state index in [1.165, 1.54) is 10.6 Å².